The number of carbonyl (C=O) groups is 1. The van der Waals surface area contributed by atoms with Crippen molar-refractivity contribution in [1.82, 2.24) is 25.0 Å². The number of carbonyl (C=O) groups excluding carboxylic acids is 1. The van der Waals surface area contributed by atoms with Crippen LogP contribution in [0.15, 0.2) is 70.9 Å². The molecule has 0 aromatic heterocycles. The Bertz CT molecular complexity index is 1060. The van der Waals surface area contributed by atoms with Crippen molar-refractivity contribution >= 4 is 23.0 Å². The van der Waals surface area contributed by atoms with E-state index in [4.69, 9.17) is 4.74 Å². The zero-order valence-electron chi connectivity index (χ0n) is 26.5. The molecule has 0 radical (unpaired) electrons. The highest BCUT2D eigenvalue weighted by Crippen LogP contribution is 2.23. The molecule has 1 aliphatic heterocycles. The summed E-state index contributed by atoms with van der Waals surface area (Å²) in [6.45, 7) is 21.9. The van der Waals surface area contributed by atoms with Gasteiger partial charge in [0.05, 0.1) is 11.7 Å². The first-order chi connectivity index (χ1) is 18.6. The second-order valence-corrected chi connectivity index (χ2v) is 12.4. The average molecular weight is 575 g/mol. The molecule has 1 amide bonds. The molecule has 2 unspecified atom stereocenters. The molecule has 0 spiro atoms. The molecule has 40 heavy (non-hydrogen) atoms. The zero-order valence-corrected chi connectivity index (χ0v) is 27.3. The van der Waals surface area contributed by atoms with Crippen LogP contribution in [0.1, 0.15) is 61.0 Å². The molecule has 2 rings (SSSR count). The van der Waals surface area contributed by atoms with E-state index in [0.29, 0.717) is 13.1 Å². The predicted octanol–water partition coefficient (Wildman–Crippen LogP) is 6.05. The van der Waals surface area contributed by atoms with Crippen LogP contribution in [0.25, 0.3) is 5.57 Å². The van der Waals surface area contributed by atoms with Crippen molar-refractivity contribution in [2.45, 2.75) is 71.9 Å². The van der Waals surface area contributed by atoms with E-state index in [1.165, 1.54) is 0 Å². The summed E-state index contributed by atoms with van der Waals surface area (Å²) in [6.07, 6.45) is 5.91. The minimum atomic E-state index is -1.05. The predicted molar refractivity (Wildman–Crippen MR) is 171 cm³/mol. The van der Waals surface area contributed by atoms with Crippen LogP contribution in [-0.4, -0.2) is 77.9 Å². The van der Waals surface area contributed by atoms with E-state index >= 15 is 0 Å². The molecule has 0 saturated carbocycles. The van der Waals surface area contributed by atoms with Crippen LogP contribution in [0.5, 0.6) is 0 Å². The fourth-order valence-electron chi connectivity index (χ4n) is 3.75. The number of ether oxygens (including phenoxy) is 1. The third kappa shape index (κ3) is 12.2. The lowest BCUT2D eigenvalue weighted by molar-refractivity contribution is 0.0250. The highest BCUT2D eigenvalue weighted by Gasteiger charge is 2.30. The van der Waals surface area contributed by atoms with E-state index < -0.39 is 17.0 Å². The van der Waals surface area contributed by atoms with Crippen LogP contribution in [0, 0.1) is 0 Å². The Morgan fingerprint density at radius 1 is 1.25 bits per heavy atom. The maximum absolute atomic E-state index is 11.7. The highest BCUT2D eigenvalue weighted by atomic mass is 32.2. The van der Waals surface area contributed by atoms with E-state index in [0.717, 1.165) is 39.5 Å². The molecule has 1 aromatic rings. The van der Waals surface area contributed by atoms with Gasteiger partial charge in [0.2, 0.25) is 4.90 Å². The third-order valence-corrected chi connectivity index (χ3v) is 7.06. The molecule has 0 aliphatic carbocycles. The number of hydrogen-bond acceptors (Lipinski definition) is 7. The number of rotatable bonds is 10. The number of allylic oxidation sites excluding steroid dienone is 6. The monoisotopic (exact) mass is 574 g/mol. The van der Waals surface area contributed by atoms with Crippen LogP contribution in [0.2, 0.25) is 0 Å². The summed E-state index contributed by atoms with van der Waals surface area (Å²) >= 11 is -1.05. The molecule has 9 heteroatoms. The topological polar surface area (TPSA) is 80.3 Å². The summed E-state index contributed by atoms with van der Waals surface area (Å²) in [5, 5.41) is 1.97. The number of amides is 1. The van der Waals surface area contributed by atoms with E-state index in [-0.39, 0.29) is 12.1 Å². The van der Waals surface area contributed by atoms with Crippen molar-refractivity contribution < 1.29 is 14.1 Å². The van der Waals surface area contributed by atoms with Gasteiger partial charge < -0.3 is 19.5 Å². The number of nitrogens with one attached hydrogen (secondary N) is 2. The molecular formula is C31H52N5O3S+. The van der Waals surface area contributed by atoms with Gasteiger partial charge in [0.15, 0.2) is 0 Å². The molecule has 1 aromatic carbocycles. The summed E-state index contributed by atoms with van der Waals surface area (Å²) < 4.78 is 19.1. The van der Waals surface area contributed by atoms with Crippen molar-refractivity contribution in [3.8, 4) is 0 Å². The molecule has 0 saturated heterocycles. The average Bonchev–Trinajstić information content (AvgIpc) is 3.09. The van der Waals surface area contributed by atoms with Gasteiger partial charge in [-0.1, -0.05) is 30.4 Å². The standard InChI is InChI=1S/C20H28N3OS.C11H24N2O2/c1-7-8-18(13-14(2)3)17-9-11-19(12-10-17)25(24)22-20-15(4)21-23(6)16(20)5;1-7-13(9-8-12(5)6)10(14)15-11(2,3)4/h7-13,15,21-22,24H,2H2,1,3-6H3;7-9H2,1-6H3/q+1;/b8-7-,18-13+;. The largest absolute Gasteiger partial charge is 0.444 e. The summed E-state index contributed by atoms with van der Waals surface area (Å²) in [7, 11) is 5.95. The van der Waals surface area contributed by atoms with Crippen LogP contribution >= 0.6 is 0 Å². The second-order valence-electron chi connectivity index (χ2n) is 11.1. The molecule has 0 fully saturated rings. The van der Waals surface area contributed by atoms with Crippen LogP contribution < -0.4 is 10.1 Å². The minimum Gasteiger partial charge on any atom is -0.444 e. The van der Waals surface area contributed by atoms with Crippen molar-refractivity contribution in [1.29, 1.82) is 0 Å². The molecule has 224 valence electrons. The van der Waals surface area contributed by atoms with Crippen molar-refractivity contribution in [2.24, 2.45) is 0 Å². The van der Waals surface area contributed by atoms with Gasteiger partial charge in [-0.25, -0.2) is 10.2 Å². The van der Waals surface area contributed by atoms with Gasteiger partial charge in [-0.15, -0.1) is 0 Å². The number of benzene rings is 1. The first-order valence-corrected chi connectivity index (χ1v) is 14.9. The van der Waals surface area contributed by atoms with Gasteiger partial charge in [0.25, 0.3) is 0 Å². The van der Waals surface area contributed by atoms with E-state index in [2.05, 4.69) is 35.8 Å². The van der Waals surface area contributed by atoms with Gasteiger partial charge in [-0.2, -0.15) is 9.27 Å². The van der Waals surface area contributed by atoms with Crippen LogP contribution in [-0.2, 0) is 16.1 Å². The number of nitrogens with zero attached hydrogens (tertiary/aromatic N) is 3. The maximum Gasteiger partial charge on any atom is 0.410 e. The Hall–Kier alpha value is -2.72. The molecule has 3 N–H and O–H groups in total. The fourth-order valence-corrected chi connectivity index (χ4v) is 4.79. The van der Waals surface area contributed by atoms with Gasteiger partial charge in [0.1, 0.15) is 11.3 Å². The SMILES string of the molecule is C=C(C)/C=C(\C=C/C)c1ccc([S+](O)NC2=C(C)N(C)NC2C)cc1.CCN(CCN(C)C)C(=O)OC(C)(C)C. The quantitative estimate of drug-likeness (QED) is 0.232. The Morgan fingerprint density at radius 3 is 2.27 bits per heavy atom. The number of hydrazine groups is 1. The molecular weight excluding hydrogens is 522 g/mol. The third-order valence-electron chi connectivity index (χ3n) is 5.93. The van der Waals surface area contributed by atoms with E-state index in [1.807, 2.05) is 110 Å². The lowest BCUT2D eigenvalue weighted by Gasteiger charge is -2.27. The summed E-state index contributed by atoms with van der Waals surface area (Å²) in [5.41, 5.74) is 8.22. The first kappa shape index (κ1) is 35.3. The maximum atomic E-state index is 11.7. The minimum absolute atomic E-state index is 0.159. The second kappa shape index (κ2) is 16.5. The van der Waals surface area contributed by atoms with Gasteiger partial charge in [-0.05, 0) is 105 Å². The fraction of sp³-hybridized carbons (Fsp3) is 0.516. The van der Waals surface area contributed by atoms with Gasteiger partial charge in [-0.3, -0.25) is 0 Å². The molecule has 8 nitrogen and oxygen atoms in total. The molecule has 2 atom stereocenters. The number of hydrogen-bond donors (Lipinski definition) is 3. The van der Waals surface area contributed by atoms with Gasteiger partial charge in [0, 0.05) is 26.7 Å². The van der Waals surface area contributed by atoms with E-state index in [9.17, 15) is 9.35 Å². The first-order valence-electron chi connectivity index (χ1n) is 13.7. The molecule has 1 aliphatic rings. The van der Waals surface area contributed by atoms with Crippen molar-refractivity contribution in [2.75, 3.05) is 40.8 Å². The summed E-state index contributed by atoms with van der Waals surface area (Å²) in [6, 6.07) is 8.16. The molecule has 1 heterocycles. The highest BCUT2D eigenvalue weighted by molar-refractivity contribution is 7.89. The number of likely N-dealkylation sites (N-methyl/N-ethyl adjacent to an activating group) is 2. The van der Waals surface area contributed by atoms with Crippen molar-refractivity contribution in [3.63, 3.8) is 0 Å². The Morgan fingerprint density at radius 2 is 1.85 bits per heavy atom. The van der Waals surface area contributed by atoms with Crippen LogP contribution in [0.4, 0.5) is 4.79 Å². The lowest BCUT2D eigenvalue weighted by Crippen LogP contribution is -2.40. The van der Waals surface area contributed by atoms with E-state index in [1.54, 1.807) is 4.90 Å². The lowest BCUT2D eigenvalue weighted by atomic mass is 10.0. The zero-order chi connectivity index (χ0) is 30.6. The normalized spacial score (nSPS) is 16.7. The van der Waals surface area contributed by atoms with Gasteiger partial charge >= 0.3 is 17.5 Å². The summed E-state index contributed by atoms with van der Waals surface area (Å²) in [4.78, 5) is 16.3. The van der Waals surface area contributed by atoms with Crippen LogP contribution in [0.3, 0.4) is 0 Å². The molecule has 0 bridgehead atoms. The Kier molecular flexibility index (Phi) is 14.6. The smallest absolute Gasteiger partial charge is 0.410 e. The Balaban J connectivity index is 0.000000459. The van der Waals surface area contributed by atoms with Crippen molar-refractivity contribution in [3.05, 3.63) is 71.6 Å². The Labute approximate surface area is 246 Å². The summed E-state index contributed by atoms with van der Waals surface area (Å²) in [5.74, 6) is 0.